The molecule has 0 radical (unpaired) electrons. The summed E-state index contributed by atoms with van der Waals surface area (Å²) < 4.78 is 39.6. The van der Waals surface area contributed by atoms with E-state index in [0.717, 1.165) is 0 Å². The van der Waals surface area contributed by atoms with Crippen LogP contribution in [0, 0.1) is 0 Å². The number of rotatable bonds is 2. The normalized spacial score (nSPS) is 11.7. The zero-order valence-electron chi connectivity index (χ0n) is 11.9. The SMILES string of the molecule is O=C(c1c(-c2ccccc2)c2cc(Br)ccc2[nH]c1=O)C(F)(F)F. The third kappa shape index (κ3) is 2.87. The Kier molecular flexibility index (Phi) is 4.04. The van der Waals surface area contributed by atoms with Crippen LogP contribution in [0.4, 0.5) is 13.2 Å². The first-order valence-electron chi connectivity index (χ1n) is 6.81. The number of ketones is 1. The number of nitrogens with one attached hydrogen (secondary N) is 1. The first-order chi connectivity index (χ1) is 11.3. The van der Waals surface area contributed by atoms with Crippen LogP contribution >= 0.6 is 15.9 Å². The second kappa shape index (κ2) is 5.90. The molecule has 0 aliphatic rings. The number of alkyl halides is 3. The third-order valence-electron chi connectivity index (χ3n) is 3.52. The van der Waals surface area contributed by atoms with Crippen molar-refractivity contribution in [3.63, 3.8) is 0 Å². The van der Waals surface area contributed by atoms with Gasteiger partial charge < -0.3 is 4.98 Å². The Morgan fingerprint density at radius 2 is 1.71 bits per heavy atom. The van der Waals surface area contributed by atoms with Gasteiger partial charge in [-0.25, -0.2) is 0 Å². The second-order valence-electron chi connectivity index (χ2n) is 5.09. The minimum Gasteiger partial charge on any atom is -0.321 e. The minimum atomic E-state index is -5.14. The van der Waals surface area contributed by atoms with Gasteiger partial charge in [0.15, 0.2) is 0 Å². The molecule has 0 bridgehead atoms. The first-order valence-corrected chi connectivity index (χ1v) is 7.61. The number of hydrogen-bond acceptors (Lipinski definition) is 2. The van der Waals surface area contributed by atoms with Gasteiger partial charge in [-0.15, -0.1) is 0 Å². The Balaban J connectivity index is 2.49. The van der Waals surface area contributed by atoms with Gasteiger partial charge >= 0.3 is 6.18 Å². The van der Waals surface area contributed by atoms with Crippen LogP contribution in [0.1, 0.15) is 10.4 Å². The highest BCUT2D eigenvalue weighted by molar-refractivity contribution is 9.10. The van der Waals surface area contributed by atoms with Gasteiger partial charge in [-0.3, -0.25) is 9.59 Å². The number of pyridine rings is 1. The predicted octanol–water partition coefficient (Wildman–Crippen LogP) is 4.70. The van der Waals surface area contributed by atoms with Crippen molar-refractivity contribution in [3.05, 3.63) is 68.9 Å². The van der Waals surface area contributed by atoms with Crippen molar-refractivity contribution >= 4 is 32.6 Å². The summed E-state index contributed by atoms with van der Waals surface area (Å²) in [6.07, 6.45) is -5.14. The van der Waals surface area contributed by atoms with Crippen LogP contribution in [0.15, 0.2) is 57.8 Å². The maximum absolute atomic E-state index is 13.0. The van der Waals surface area contributed by atoms with E-state index in [9.17, 15) is 22.8 Å². The van der Waals surface area contributed by atoms with Crippen molar-refractivity contribution in [1.82, 2.24) is 4.98 Å². The van der Waals surface area contributed by atoms with E-state index in [0.29, 0.717) is 20.9 Å². The number of hydrogen-bond donors (Lipinski definition) is 1. The lowest BCUT2D eigenvalue weighted by Gasteiger charge is -2.13. The molecule has 0 amide bonds. The molecule has 24 heavy (non-hydrogen) atoms. The summed E-state index contributed by atoms with van der Waals surface area (Å²) in [5.74, 6) is -2.16. The van der Waals surface area contributed by atoms with Gasteiger partial charge in [0.2, 0.25) is 0 Å². The zero-order chi connectivity index (χ0) is 17.5. The number of H-pyrrole nitrogens is 1. The van der Waals surface area contributed by atoms with Crippen LogP contribution in [0.5, 0.6) is 0 Å². The molecule has 3 nitrogen and oxygen atoms in total. The highest BCUT2D eigenvalue weighted by Crippen LogP contribution is 2.34. The van der Waals surface area contributed by atoms with Gasteiger partial charge in [0, 0.05) is 20.9 Å². The van der Waals surface area contributed by atoms with Crippen molar-refractivity contribution < 1.29 is 18.0 Å². The van der Waals surface area contributed by atoms with Gasteiger partial charge in [0.1, 0.15) is 5.56 Å². The minimum absolute atomic E-state index is 0.0297. The maximum atomic E-state index is 13.0. The van der Waals surface area contributed by atoms with Crippen LogP contribution in [-0.2, 0) is 0 Å². The summed E-state index contributed by atoms with van der Waals surface area (Å²) in [6, 6.07) is 12.9. The number of carbonyl (C=O) groups excluding carboxylic acids is 1. The van der Waals surface area contributed by atoms with Crippen LogP contribution in [0.3, 0.4) is 0 Å². The largest absolute Gasteiger partial charge is 0.455 e. The fourth-order valence-electron chi connectivity index (χ4n) is 2.53. The quantitative estimate of drug-likeness (QED) is 0.639. The van der Waals surface area contributed by atoms with E-state index in [1.807, 2.05) is 0 Å². The highest BCUT2D eigenvalue weighted by Gasteiger charge is 2.42. The molecule has 7 heteroatoms. The van der Waals surface area contributed by atoms with E-state index in [4.69, 9.17) is 0 Å². The molecule has 0 saturated heterocycles. The number of halogens is 4. The van der Waals surface area contributed by atoms with Gasteiger partial charge in [-0.05, 0) is 23.8 Å². The number of Topliss-reactive ketones (excluding diaryl/α,β-unsaturated/α-hetero) is 1. The lowest BCUT2D eigenvalue weighted by molar-refractivity contribution is -0.0885. The van der Waals surface area contributed by atoms with Crippen molar-refractivity contribution in [3.8, 4) is 11.1 Å². The number of fused-ring (bicyclic) bond motifs is 1. The van der Waals surface area contributed by atoms with E-state index >= 15 is 0 Å². The summed E-state index contributed by atoms with van der Waals surface area (Å²) in [5.41, 5.74) is -1.29. The molecule has 0 aliphatic heterocycles. The molecule has 0 unspecified atom stereocenters. The lowest BCUT2D eigenvalue weighted by atomic mass is 9.94. The fraction of sp³-hybridized carbons (Fsp3) is 0.0588. The second-order valence-corrected chi connectivity index (χ2v) is 6.00. The molecule has 3 aromatic rings. The standard InChI is InChI=1S/C17H9BrF3NO2/c18-10-6-7-12-11(8-10)13(9-4-2-1-3-5-9)14(16(24)22-12)15(23)17(19,20)21/h1-8H,(H,22,24). The molecule has 1 N–H and O–H groups in total. The maximum Gasteiger partial charge on any atom is 0.455 e. The molecule has 2 aromatic carbocycles. The molecule has 0 atom stereocenters. The Morgan fingerprint density at radius 1 is 1.04 bits per heavy atom. The topological polar surface area (TPSA) is 49.9 Å². The summed E-state index contributed by atoms with van der Waals surface area (Å²) in [5, 5.41) is 0.350. The number of aromatic nitrogens is 1. The Morgan fingerprint density at radius 3 is 2.33 bits per heavy atom. The molecule has 0 fully saturated rings. The molecule has 1 heterocycles. The van der Waals surface area contributed by atoms with Crippen LogP contribution < -0.4 is 5.56 Å². The van der Waals surface area contributed by atoms with Gasteiger partial charge in [0.05, 0.1) is 0 Å². The van der Waals surface area contributed by atoms with E-state index in [2.05, 4.69) is 20.9 Å². The highest BCUT2D eigenvalue weighted by atomic mass is 79.9. The number of aromatic amines is 1. The third-order valence-corrected chi connectivity index (χ3v) is 4.02. The van der Waals surface area contributed by atoms with Crippen molar-refractivity contribution in [2.45, 2.75) is 6.18 Å². The van der Waals surface area contributed by atoms with Crippen LogP contribution in [-0.4, -0.2) is 16.9 Å². The van der Waals surface area contributed by atoms with Gasteiger partial charge in [-0.1, -0.05) is 46.3 Å². The summed E-state index contributed by atoms with van der Waals surface area (Å²) in [6.45, 7) is 0. The van der Waals surface area contributed by atoms with Gasteiger partial charge in [0.25, 0.3) is 11.3 Å². The molecule has 3 rings (SSSR count). The average Bonchev–Trinajstić information content (AvgIpc) is 2.53. The first kappa shape index (κ1) is 16.4. The Labute approximate surface area is 142 Å². The number of benzene rings is 2. The molecule has 122 valence electrons. The summed E-state index contributed by atoms with van der Waals surface area (Å²) in [7, 11) is 0. The van der Waals surface area contributed by atoms with E-state index in [-0.39, 0.29) is 5.56 Å². The molecular formula is C17H9BrF3NO2. The molecule has 0 spiro atoms. The van der Waals surface area contributed by atoms with E-state index in [1.54, 1.807) is 48.5 Å². The monoisotopic (exact) mass is 395 g/mol. The van der Waals surface area contributed by atoms with Crippen LogP contribution in [0.2, 0.25) is 0 Å². The summed E-state index contributed by atoms with van der Waals surface area (Å²) >= 11 is 3.26. The number of carbonyl (C=O) groups is 1. The van der Waals surface area contributed by atoms with Crippen LogP contribution in [0.25, 0.3) is 22.0 Å². The van der Waals surface area contributed by atoms with E-state index in [1.165, 1.54) is 0 Å². The zero-order valence-corrected chi connectivity index (χ0v) is 13.5. The van der Waals surface area contributed by atoms with Crippen molar-refractivity contribution in [2.75, 3.05) is 0 Å². The molecule has 0 aliphatic carbocycles. The summed E-state index contributed by atoms with van der Waals surface area (Å²) in [4.78, 5) is 26.4. The molecular weight excluding hydrogens is 387 g/mol. The predicted molar refractivity (Wildman–Crippen MR) is 88.1 cm³/mol. The average molecular weight is 396 g/mol. The fourth-order valence-corrected chi connectivity index (χ4v) is 2.89. The Hall–Kier alpha value is -2.41. The van der Waals surface area contributed by atoms with Crippen molar-refractivity contribution in [1.29, 1.82) is 0 Å². The van der Waals surface area contributed by atoms with E-state index < -0.39 is 23.1 Å². The lowest BCUT2D eigenvalue weighted by Crippen LogP contribution is -2.30. The molecule has 1 aromatic heterocycles. The Bertz CT molecular complexity index is 994. The molecule has 0 saturated carbocycles. The smallest absolute Gasteiger partial charge is 0.321 e. The van der Waals surface area contributed by atoms with Crippen molar-refractivity contribution in [2.24, 2.45) is 0 Å². The van der Waals surface area contributed by atoms with Gasteiger partial charge in [-0.2, -0.15) is 13.2 Å².